The molecule has 0 saturated carbocycles. The van der Waals surface area contributed by atoms with Crippen LogP contribution in [0.2, 0.25) is 0 Å². The highest BCUT2D eigenvalue weighted by Gasteiger charge is 2.33. The number of halogens is 3. The number of alkyl halides is 3. The molecule has 0 aliphatic heterocycles. The molecular formula is C11H9F3N2O3. The van der Waals surface area contributed by atoms with Crippen molar-refractivity contribution in [1.82, 2.24) is 0 Å². The topological polar surface area (TPSA) is 85.3 Å². The average Bonchev–Trinajstić information content (AvgIpc) is 2.34. The standard InChI is InChI=1S/C11H9F3N2O3/c1-18-10(17)7-2-6(4-15)3-9(8(7)5-16)19-11(12,13)14/h2-3H,4,15H2,1H3. The van der Waals surface area contributed by atoms with Gasteiger partial charge in [0.25, 0.3) is 0 Å². The highest BCUT2D eigenvalue weighted by Crippen LogP contribution is 2.30. The molecular weight excluding hydrogens is 265 g/mol. The molecule has 5 nitrogen and oxygen atoms in total. The molecule has 1 aromatic rings. The molecule has 1 rings (SSSR count). The average molecular weight is 274 g/mol. The quantitative estimate of drug-likeness (QED) is 0.848. The lowest BCUT2D eigenvalue weighted by molar-refractivity contribution is -0.274. The third-order valence-electron chi connectivity index (χ3n) is 2.14. The highest BCUT2D eigenvalue weighted by molar-refractivity contribution is 5.93. The Morgan fingerprint density at radius 3 is 2.53 bits per heavy atom. The minimum absolute atomic E-state index is 0.121. The van der Waals surface area contributed by atoms with Gasteiger partial charge in [0.2, 0.25) is 0 Å². The van der Waals surface area contributed by atoms with Gasteiger partial charge in [-0.15, -0.1) is 13.2 Å². The molecule has 0 spiro atoms. The monoisotopic (exact) mass is 274 g/mol. The summed E-state index contributed by atoms with van der Waals surface area (Å²) in [6.07, 6.45) is -4.98. The molecule has 0 heterocycles. The van der Waals surface area contributed by atoms with Gasteiger partial charge in [0.15, 0.2) is 0 Å². The summed E-state index contributed by atoms with van der Waals surface area (Å²) in [5, 5.41) is 8.87. The molecule has 0 radical (unpaired) electrons. The van der Waals surface area contributed by atoms with Crippen LogP contribution in [-0.2, 0) is 11.3 Å². The molecule has 2 N–H and O–H groups in total. The van der Waals surface area contributed by atoms with Crippen LogP contribution in [-0.4, -0.2) is 19.4 Å². The number of carbonyl (C=O) groups is 1. The fourth-order valence-corrected chi connectivity index (χ4v) is 1.38. The molecule has 8 heteroatoms. The molecule has 0 unspecified atom stereocenters. The Kier molecular flexibility index (Phi) is 4.34. The van der Waals surface area contributed by atoms with E-state index in [1.807, 2.05) is 0 Å². The zero-order valence-corrected chi connectivity index (χ0v) is 9.75. The lowest BCUT2D eigenvalue weighted by atomic mass is 10.0. The van der Waals surface area contributed by atoms with E-state index >= 15 is 0 Å². The van der Waals surface area contributed by atoms with Crippen LogP contribution >= 0.6 is 0 Å². The molecule has 0 saturated heterocycles. The van der Waals surface area contributed by atoms with Crippen molar-refractivity contribution in [2.75, 3.05) is 7.11 Å². The zero-order chi connectivity index (χ0) is 14.6. The van der Waals surface area contributed by atoms with Crippen molar-refractivity contribution in [2.45, 2.75) is 12.9 Å². The summed E-state index contributed by atoms with van der Waals surface area (Å²) >= 11 is 0. The van der Waals surface area contributed by atoms with Gasteiger partial charge >= 0.3 is 12.3 Å². The molecule has 102 valence electrons. The van der Waals surface area contributed by atoms with Crippen molar-refractivity contribution in [1.29, 1.82) is 5.26 Å². The fraction of sp³-hybridized carbons (Fsp3) is 0.273. The molecule has 0 bridgehead atoms. The third kappa shape index (κ3) is 3.59. The van der Waals surface area contributed by atoms with Crippen LogP contribution in [0, 0.1) is 11.3 Å². The smallest absolute Gasteiger partial charge is 0.465 e. The zero-order valence-electron chi connectivity index (χ0n) is 9.75. The maximum Gasteiger partial charge on any atom is 0.573 e. The van der Waals surface area contributed by atoms with E-state index in [0.29, 0.717) is 0 Å². The maximum atomic E-state index is 12.2. The Morgan fingerprint density at radius 2 is 2.11 bits per heavy atom. The third-order valence-corrected chi connectivity index (χ3v) is 2.14. The Balaban J connectivity index is 3.44. The van der Waals surface area contributed by atoms with Crippen LogP contribution < -0.4 is 10.5 Å². The van der Waals surface area contributed by atoms with Crippen LogP contribution in [0.5, 0.6) is 5.75 Å². The fourth-order valence-electron chi connectivity index (χ4n) is 1.38. The second-order valence-electron chi connectivity index (χ2n) is 3.37. The maximum absolute atomic E-state index is 12.2. The van der Waals surface area contributed by atoms with Crippen molar-refractivity contribution in [3.05, 3.63) is 28.8 Å². The van der Waals surface area contributed by atoms with Gasteiger partial charge in [0.1, 0.15) is 17.4 Å². The Labute approximate surface area is 106 Å². The number of methoxy groups -OCH3 is 1. The molecule has 0 aliphatic rings. The minimum Gasteiger partial charge on any atom is -0.465 e. The van der Waals surface area contributed by atoms with Gasteiger partial charge in [-0.05, 0) is 17.7 Å². The van der Waals surface area contributed by atoms with E-state index in [0.717, 1.165) is 13.2 Å². The summed E-state index contributed by atoms with van der Waals surface area (Å²) in [6, 6.07) is 3.63. The van der Waals surface area contributed by atoms with Crippen LogP contribution in [0.25, 0.3) is 0 Å². The number of ether oxygens (including phenoxy) is 2. The van der Waals surface area contributed by atoms with Crippen molar-refractivity contribution in [2.24, 2.45) is 5.73 Å². The number of hydrogen-bond donors (Lipinski definition) is 1. The highest BCUT2D eigenvalue weighted by atomic mass is 19.4. The number of rotatable bonds is 3. The molecule has 19 heavy (non-hydrogen) atoms. The molecule has 0 aliphatic carbocycles. The summed E-state index contributed by atoms with van der Waals surface area (Å²) in [5.41, 5.74) is 4.64. The first-order chi connectivity index (χ1) is 8.82. The number of esters is 1. The first kappa shape index (κ1) is 14.8. The number of carbonyl (C=O) groups excluding carboxylic acids is 1. The Morgan fingerprint density at radius 1 is 1.47 bits per heavy atom. The first-order valence-electron chi connectivity index (χ1n) is 4.93. The molecule has 0 amide bonds. The summed E-state index contributed by atoms with van der Waals surface area (Å²) in [7, 11) is 1.04. The summed E-state index contributed by atoms with van der Waals surface area (Å²) in [4.78, 5) is 11.4. The van der Waals surface area contributed by atoms with E-state index in [2.05, 4.69) is 9.47 Å². The van der Waals surface area contributed by atoms with Crippen LogP contribution in [0.4, 0.5) is 13.2 Å². The Hall–Kier alpha value is -2.27. The van der Waals surface area contributed by atoms with Crippen molar-refractivity contribution < 1.29 is 27.4 Å². The molecule has 0 aromatic heterocycles. The van der Waals surface area contributed by atoms with Crippen LogP contribution in [0.1, 0.15) is 21.5 Å². The number of nitrogens with zero attached hydrogens (tertiary/aromatic N) is 1. The second kappa shape index (κ2) is 5.58. The van der Waals surface area contributed by atoms with Crippen LogP contribution in [0.3, 0.4) is 0 Å². The lowest BCUT2D eigenvalue weighted by Gasteiger charge is -2.13. The SMILES string of the molecule is COC(=O)c1cc(CN)cc(OC(F)(F)F)c1C#N. The summed E-state index contributed by atoms with van der Waals surface area (Å²) < 4.78 is 44.8. The Bertz CT molecular complexity index is 535. The van der Waals surface area contributed by atoms with E-state index in [4.69, 9.17) is 11.0 Å². The normalized spacial score (nSPS) is 10.7. The van der Waals surface area contributed by atoms with Gasteiger partial charge in [-0.2, -0.15) is 5.26 Å². The van der Waals surface area contributed by atoms with E-state index in [-0.39, 0.29) is 17.7 Å². The van der Waals surface area contributed by atoms with Gasteiger partial charge in [0, 0.05) is 6.54 Å². The lowest BCUT2D eigenvalue weighted by Crippen LogP contribution is -2.19. The van der Waals surface area contributed by atoms with E-state index < -0.39 is 23.6 Å². The number of nitrogens with two attached hydrogens (primary N) is 1. The molecule has 1 aromatic carbocycles. The van der Waals surface area contributed by atoms with Crippen molar-refractivity contribution in [3.63, 3.8) is 0 Å². The van der Waals surface area contributed by atoms with Gasteiger partial charge in [-0.25, -0.2) is 4.79 Å². The van der Waals surface area contributed by atoms with Gasteiger partial charge in [-0.3, -0.25) is 0 Å². The van der Waals surface area contributed by atoms with Gasteiger partial charge < -0.3 is 15.2 Å². The summed E-state index contributed by atoms with van der Waals surface area (Å²) in [5.74, 6) is -1.72. The number of hydrogen-bond acceptors (Lipinski definition) is 5. The van der Waals surface area contributed by atoms with Crippen molar-refractivity contribution >= 4 is 5.97 Å². The first-order valence-corrected chi connectivity index (χ1v) is 4.93. The predicted molar refractivity (Wildman–Crippen MR) is 57.1 cm³/mol. The van der Waals surface area contributed by atoms with E-state index in [9.17, 15) is 18.0 Å². The van der Waals surface area contributed by atoms with Gasteiger partial charge in [0.05, 0.1) is 12.7 Å². The second-order valence-corrected chi connectivity index (χ2v) is 3.37. The van der Waals surface area contributed by atoms with E-state index in [1.165, 1.54) is 12.1 Å². The largest absolute Gasteiger partial charge is 0.573 e. The molecule has 0 atom stereocenters. The molecule has 0 fully saturated rings. The van der Waals surface area contributed by atoms with Crippen LogP contribution in [0.15, 0.2) is 12.1 Å². The van der Waals surface area contributed by atoms with E-state index in [1.54, 1.807) is 0 Å². The number of nitriles is 1. The minimum atomic E-state index is -4.98. The van der Waals surface area contributed by atoms with Gasteiger partial charge in [-0.1, -0.05) is 0 Å². The predicted octanol–water partition coefficient (Wildman–Crippen LogP) is 1.70. The summed E-state index contributed by atoms with van der Waals surface area (Å²) in [6.45, 7) is -0.121. The number of benzene rings is 1. The van der Waals surface area contributed by atoms with Crippen molar-refractivity contribution in [3.8, 4) is 11.8 Å².